The second-order valence-electron chi connectivity index (χ2n) is 6.13. The van der Waals surface area contributed by atoms with Crippen LogP contribution >= 0.6 is 11.6 Å². The van der Waals surface area contributed by atoms with Crippen LogP contribution in [0.3, 0.4) is 0 Å². The van der Waals surface area contributed by atoms with Crippen molar-refractivity contribution in [3.8, 4) is 11.6 Å². The summed E-state index contributed by atoms with van der Waals surface area (Å²) < 4.78 is 25.2. The quantitative estimate of drug-likeness (QED) is 0.434. The van der Waals surface area contributed by atoms with Gasteiger partial charge in [0.05, 0.1) is 23.9 Å². The van der Waals surface area contributed by atoms with Crippen LogP contribution in [0, 0.1) is 19.7 Å². The average Bonchev–Trinajstić information content (AvgIpc) is 3.01. The minimum absolute atomic E-state index is 0.0335. The van der Waals surface area contributed by atoms with Gasteiger partial charge >= 0.3 is 5.97 Å². The number of halogens is 2. The molecule has 0 N–H and O–H groups in total. The van der Waals surface area contributed by atoms with Gasteiger partial charge in [-0.3, -0.25) is 0 Å². The molecule has 0 saturated heterocycles. The number of esters is 1. The summed E-state index contributed by atoms with van der Waals surface area (Å²) in [5, 5.41) is 4.56. The number of rotatable bonds is 7. The molecule has 0 amide bonds. The number of benzene rings is 1. The first kappa shape index (κ1) is 19.8. The molecular weight excluding hydrogens is 385 g/mol. The van der Waals surface area contributed by atoms with Crippen LogP contribution in [0.25, 0.3) is 5.82 Å². The van der Waals surface area contributed by atoms with Crippen LogP contribution < -0.4 is 4.74 Å². The Morgan fingerprint density at radius 1 is 1.14 bits per heavy atom. The van der Waals surface area contributed by atoms with Gasteiger partial charge in [0, 0.05) is 12.1 Å². The number of nitrogens with zero attached hydrogens (tertiary/aromatic N) is 3. The van der Waals surface area contributed by atoms with Gasteiger partial charge in [-0.05, 0) is 56.3 Å². The Morgan fingerprint density at radius 2 is 1.89 bits per heavy atom. The van der Waals surface area contributed by atoms with E-state index in [9.17, 15) is 9.18 Å². The molecule has 0 spiro atoms. The number of aryl methyl sites for hydroxylation is 2. The van der Waals surface area contributed by atoms with E-state index in [1.165, 1.54) is 24.3 Å². The number of hydrogen-bond acceptors (Lipinski definition) is 5. The van der Waals surface area contributed by atoms with Crippen molar-refractivity contribution in [2.75, 3.05) is 13.2 Å². The highest BCUT2D eigenvalue weighted by Crippen LogP contribution is 2.19. The van der Waals surface area contributed by atoms with E-state index in [1.54, 1.807) is 16.8 Å². The molecule has 1 aromatic carbocycles. The lowest BCUT2D eigenvalue weighted by molar-refractivity contribution is 0.0479. The van der Waals surface area contributed by atoms with Gasteiger partial charge in [0.15, 0.2) is 11.5 Å². The van der Waals surface area contributed by atoms with E-state index in [0.717, 1.165) is 11.4 Å². The Balaban J connectivity index is 1.56. The van der Waals surface area contributed by atoms with Crippen molar-refractivity contribution in [2.24, 2.45) is 0 Å². The summed E-state index contributed by atoms with van der Waals surface area (Å²) in [5.74, 6) is 0.0973. The van der Waals surface area contributed by atoms with Crippen molar-refractivity contribution in [1.82, 2.24) is 14.8 Å². The van der Waals surface area contributed by atoms with E-state index in [2.05, 4.69) is 10.1 Å². The van der Waals surface area contributed by atoms with Gasteiger partial charge in [0.2, 0.25) is 0 Å². The van der Waals surface area contributed by atoms with Crippen LogP contribution in [-0.2, 0) is 4.74 Å². The lowest BCUT2D eigenvalue weighted by atomic mass is 10.3. The van der Waals surface area contributed by atoms with Crippen molar-refractivity contribution in [3.63, 3.8) is 0 Å². The zero-order valence-electron chi connectivity index (χ0n) is 15.5. The summed E-state index contributed by atoms with van der Waals surface area (Å²) in [5.41, 5.74) is 1.77. The minimum atomic E-state index is -0.616. The molecule has 6 nitrogen and oxygen atoms in total. The molecule has 3 aromatic rings. The van der Waals surface area contributed by atoms with Crippen LogP contribution in [0.15, 0.2) is 42.5 Å². The molecule has 3 rings (SSSR count). The number of hydrogen-bond donors (Lipinski definition) is 0. The monoisotopic (exact) mass is 403 g/mol. The molecule has 2 heterocycles. The highest BCUT2D eigenvalue weighted by molar-refractivity contribution is 6.33. The Labute approximate surface area is 166 Å². The predicted molar refractivity (Wildman–Crippen MR) is 103 cm³/mol. The maximum Gasteiger partial charge on any atom is 0.358 e. The summed E-state index contributed by atoms with van der Waals surface area (Å²) in [6.07, 6.45) is 0.470. The van der Waals surface area contributed by atoms with Crippen molar-refractivity contribution < 1.29 is 18.7 Å². The second kappa shape index (κ2) is 8.84. The van der Waals surface area contributed by atoms with E-state index >= 15 is 0 Å². The molecule has 8 heteroatoms. The van der Waals surface area contributed by atoms with E-state index in [4.69, 9.17) is 21.1 Å². The molecule has 28 heavy (non-hydrogen) atoms. The first-order chi connectivity index (χ1) is 13.4. The fraction of sp³-hybridized carbons (Fsp3) is 0.250. The predicted octanol–water partition coefficient (Wildman–Crippen LogP) is 4.30. The third-order valence-electron chi connectivity index (χ3n) is 3.86. The van der Waals surface area contributed by atoms with Crippen LogP contribution in [0.2, 0.25) is 5.02 Å². The summed E-state index contributed by atoms with van der Waals surface area (Å²) in [6, 6.07) is 10.9. The van der Waals surface area contributed by atoms with Gasteiger partial charge in [-0.15, -0.1) is 0 Å². The molecule has 0 bridgehead atoms. The highest BCUT2D eigenvalue weighted by Gasteiger charge is 2.16. The highest BCUT2D eigenvalue weighted by atomic mass is 35.5. The van der Waals surface area contributed by atoms with Crippen molar-refractivity contribution in [2.45, 2.75) is 20.3 Å². The lowest BCUT2D eigenvalue weighted by Gasteiger charge is -2.09. The third kappa shape index (κ3) is 4.86. The second-order valence-corrected chi connectivity index (χ2v) is 6.54. The number of aromatic nitrogens is 3. The molecule has 0 radical (unpaired) electrons. The van der Waals surface area contributed by atoms with Crippen molar-refractivity contribution >= 4 is 17.6 Å². The summed E-state index contributed by atoms with van der Waals surface area (Å²) >= 11 is 6.11. The molecule has 2 aromatic heterocycles. The van der Waals surface area contributed by atoms with Gasteiger partial charge in [0.25, 0.3) is 0 Å². The fourth-order valence-corrected chi connectivity index (χ4v) is 2.75. The van der Waals surface area contributed by atoms with Crippen LogP contribution in [0.1, 0.15) is 28.3 Å². The van der Waals surface area contributed by atoms with Crippen LogP contribution in [0.4, 0.5) is 4.39 Å². The van der Waals surface area contributed by atoms with Gasteiger partial charge in [-0.25, -0.2) is 18.9 Å². The summed E-state index contributed by atoms with van der Waals surface area (Å²) in [6.45, 7) is 4.24. The fourth-order valence-electron chi connectivity index (χ4n) is 2.57. The Bertz CT molecular complexity index is 973. The molecule has 0 aliphatic heterocycles. The largest absolute Gasteiger partial charge is 0.493 e. The van der Waals surface area contributed by atoms with Gasteiger partial charge in [-0.2, -0.15) is 5.10 Å². The Kier molecular flexibility index (Phi) is 6.26. The zero-order chi connectivity index (χ0) is 20.1. The molecule has 0 fully saturated rings. The summed E-state index contributed by atoms with van der Waals surface area (Å²) in [4.78, 5) is 16.6. The van der Waals surface area contributed by atoms with Crippen LogP contribution in [0.5, 0.6) is 5.75 Å². The van der Waals surface area contributed by atoms with E-state index in [0.29, 0.717) is 24.6 Å². The topological polar surface area (TPSA) is 66.2 Å². The smallest absolute Gasteiger partial charge is 0.358 e. The van der Waals surface area contributed by atoms with Gasteiger partial charge < -0.3 is 9.47 Å². The molecule has 146 valence electrons. The Morgan fingerprint density at radius 3 is 2.57 bits per heavy atom. The Hall–Kier alpha value is -2.93. The van der Waals surface area contributed by atoms with E-state index < -0.39 is 5.97 Å². The number of pyridine rings is 1. The summed E-state index contributed by atoms with van der Waals surface area (Å²) in [7, 11) is 0. The molecule has 0 atom stereocenters. The molecule has 0 saturated carbocycles. The molecule has 0 aliphatic rings. The van der Waals surface area contributed by atoms with Crippen LogP contribution in [-0.4, -0.2) is 33.9 Å². The number of ether oxygens (including phenoxy) is 2. The average molecular weight is 404 g/mol. The lowest BCUT2D eigenvalue weighted by Crippen LogP contribution is -2.13. The van der Waals surface area contributed by atoms with Crippen molar-refractivity contribution in [3.05, 3.63) is 70.4 Å². The minimum Gasteiger partial charge on any atom is -0.493 e. The normalized spacial score (nSPS) is 10.7. The first-order valence-corrected chi connectivity index (χ1v) is 9.07. The molecular formula is C20H19ClFN3O3. The molecule has 0 aliphatic carbocycles. The number of carbonyl (C=O) groups is 1. The maximum absolute atomic E-state index is 12.8. The van der Waals surface area contributed by atoms with Gasteiger partial charge in [0.1, 0.15) is 11.6 Å². The number of carbonyl (C=O) groups excluding carboxylic acids is 1. The zero-order valence-corrected chi connectivity index (χ0v) is 16.2. The molecule has 0 unspecified atom stereocenters. The first-order valence-electron chi connectivity index (χ1n) is 8.70. The van der Waals surface area contributed by atoms with Crippen molar-refractivity contribution in [1.29, 1.82) is 0 Å². The van der Waals surface area contributed by atoms with E-state index in [1.807, 2.05) is 19.9 Å². The standard InChI is InChI=1S/C20H19ClFN3O3/c1-13-12-14(2)25(24-13)18-9-8-17(21)19(23-18)20(26)28-11-3-10-27-16-6-4-15(22)5-7-16/h4-9,12H,3,10-11H2,1-2H3. The van der Waals surface area contributed by atoms with Gasteiger partial charge in [-0.1, -0.05) is 11.6 Å². The third-order valence-corrected chi connectivity index (χ3v) is 4.16. The van der Waals surface area contributed by atoms with E-state index in [-0.39, 0.29) is 23.1 Å². The maximum atomic E-state index is 12.8. The SMILES string of the molecule is Cc1cc(C)n(-c2ccc(Cl)c(C(=O)OCCCOc3ccc(F)cc3)n2)n1.